The smallest absolute Gasteiger partial charge is 0.141 e. The molecule has 6 nitrogen and oxygen atoms in total. The first kappa shape index (κ1) is 19.8. The van der Waals surface area contributed by atoms with Crippen molar-refractivity contribution < 1.29 is 0 Å². The molecule has 0 saturated heterocycles. The van der Waals surface area contributed by atoms with E-state index >= 15 is 0 Å². The van der Waals surface area contributed by atoms with Crippen molar-refractivity contribution in [2.75, 3.05) is 18.4 Å². The van der Waals surface area contributed by atoms with Gasteiger partial charge in [0.25, 0.3) is 0 Å². The first-order valence-corrected chi connectivity index (χ1v) is 11.3. The maximum Gasteiger partial charge on any atom is 0.141 e. The highest BCUT2D eigenvalue weighted by Gasteiger charge is 2.17. The Labute approximate surface area is 186 Å². The highest BCUT2D eigenvalue weighted by atomic mass is 32.1. The summed E-state index contributed by atoms with van der Waals surface area (Å²) in [5.41, 5.74) is 4.95. The van der Waals surface area contributed by atoms with Crippen molar-refractivity contribution in [3.63, 3.8) is 0 Å². The Kier molecular flexibility index (Phi) is 5.97. The van der Waals surface area contributed by atoms with Gasteiger partial charge < -0.3 is 10.6 Å². The summed E-state index contributed by atoms with van der Waals surface area (Å²) in [6, 6.07) is 18.7. The van der Waals surface area contributed by atoms with E-state index in [9.17, 15) is 0 Å². The summed E-state index contributed by atoms with van der Waals surface area (Å²) >= 11 is 1.58. The number of hydrogen-bond donors (Lipinski definition) is 2. The van der Waals surface area contributed by atoms with Crippen LogP contribution in [-0.4, -0.2) is 32.9 Å². The van der Waals surface area contributed by atoms with Crippen molar-refractivity contribution in [2.24, 2.45) is 0 Å². The van der Waals surface area contributed by atoms with Gasteiger partial charge in [-0.2, -0.15) is 0 Å². The van der Waals surface area contributed by atoms with E-state index in [2.05, 4.69) is 60.8 Å². The fourth-order valence-corrected chi connectivity index (χ4v) is 4.35. The van der Waals surface area contributed by atoms with Gasteiger partial charge in [-0.1, -0.05) is 36.4 Å². The van der Waals surface area contributed by atoms with E-state index in [4.69, 9.17) is 0 Å². The average Bonchev–Trinajstić information content (AvgIpc) is 3.48. The van der Waals surface area contributed by atoms with Gasteiger partial charge in [-0.15, -0.1) is 11.3 Å². The summed E-state index contributed by atoms with van der Waals surface area (Å²) in [5, 5.41) is 9.67. The Morgan fingerprint density at radius 1 is 0.903 bits per heavy atom. The van der Waals surface area contributed by atoms with E-state index in [0.29, 0.717) is 0 Å². The van der Waals surface area contributed by atoms with Gasteiger partial charge in [0.1, 0.15) is 22.3 Å². The van der Waals surface area contributed by atoms with E-state index in [1.54, 1.807) is 17.5 Å². The van der Waals surface area contributed by atoms with Crippen LogP contribution in [0.3, 0.4) is 0 Å². The van der Waals surface area contributed by atoms with Crippen LogP contribution in [0.25, 0.3) is 10.7 Å². The lowest BCUT2D eigenvalue weighted by molar-refractivity contribution is 0.283. The van der Waals surface area contributed by atoms with Gasteiger partial charge in [0.15, 0.2) is 0 Å². The van der Waals surface area contributed by atoms with E-state index in [1.165, 1.54) is 16.7 Å². The van der Waals surface area contributed by atoms with Crippen LogP contribution in [0.15, 0.2) is 72.4 Å². The molecule has 3 aromatic heterocycles. The molecule has 0 fully saturated rings. The fourth-order valence-electron chi connectivity index (χ4n) is 3.74. The number of aromatic nitrogens is 3. The number of anilines is 2. The number of benzene rings is 1. The lowest BCUT2D eigenvalue weighted by Crippen LogP contribution is -2.28. The van der Waals surface area contributed by atoms with Crippen molar-refractivity contribution in [1.29, 1.82) is 0 Å². The van der Waals surface area contributed by atoms with E-state index in [0.717, 1.165) is 55.1 Å². The van der Waals surface area contributed by atoms with Gasteiger partial charge in [0, 0.05) is 50.5 Å². The molecule has 0 spiro atoms. The van der Waals surface area contributed by atoms with Gasteiger partial charge in [-0.25, -0.2) is 15.0 Å². The zero-order valence-electron chi connectivity index (χ0n) is 17.2. The maximum atomic E-state index is 4.63. The van der Waals surface area contributed by atoms with Gasteiger partial charge >= 0.3 is 0 Å². The van der Waals surface area contributed by atoms with Crippen molar-refractivity contribution in [2.45, 2.75) is 19.6 Å². The molecule has 156 valence electrons. The van der Waals surface area contributed by atoms with Crippen molar-refractivity contribution in [3.05, 3.63) is 89.1 Å². The summed E-state index contributed by atoms with van der Waals surface area (Å²) in [7, 11) is 0. The number of hydrogen-bond acceptors (Lipinski definition) is 7. The molecule has 0 saturated carbocycles. The molecule has 1 aromatic carbocycles. The molecule has 5 rings (SSSR count). The van der Waals surface area contributed by atoms with Crippen LogP contribution in [0.5, 0.6) is 0 Å². The topological polar surface area (TPSA) is 66.0 Å². The molecule has 4 aromatic rings. The van der Waals surface area contributed by atoms with Crippen molar-refractivity contribution in [3.8, 4) is 10.7 Å². The van der Waals surface area contributed by atoms with E-state index < -0.39 is 0 Å². The number of rotatable bonds is 8. The molecule has 0 bridgehead atoms. The van der Waals surface area contributed by atoms with Crippen LogP contribution >= 0.6 is 11.3 Å². The quantitative estimate of drug-likeness (QED) is 0.404. The standard InChI is InChI=1S/C24H24N6S/c1-2-5-20-17-30(16-19(20)4-1)12-10-25-14-18-8-9-22(27-15-18)29-23-7-3-6-21(28-23)24-26-11-13-31-24/h1-9,11,13,15,25H,10,12,14,16-17H2,(H,27,28,29). The molecule has 31 heavy (non-hydrogen) atoms. The van der Waals surface area contributed by atoms with E-state index in [-0.39, 0.29) is 0 Å². The normalized spacial score (nSPS) is 13.3. The summed E-state index contributed by atoms with van der Waals surface area (Å²) in [6.07, 6.45) is 3.70. The van der Waals surface area contributed by atoms with Crippen molar-refractivity contribution >= 4 is 23.0 Å². The summed E-state index contributed by atoms with van der Waals surface area (Å²) in [4.78, 5) is 16.0. The molecule has 7 heteroatoms. The predicted octanol–water partition coefficient (Wildman–Crippen LogP) is 4.45. The number of thiazole rings is 1. The van der Waals surface area contributed by atoms with Crippen molar-refractivity contribution in [1.82, 2.24) is 25.2 Å². The Hall–Kier alpha value is -3.13. The highest BCUT2D eigenvalue weighted by Crippen LogP contribution is 2.23. The lowest BCUT2D eigenvalue weighted by atomic mass is 10.1. The molecule has 0 unspecified atom stereocenters. The van der Waals surface area contributed by atoms with Crippen LogP contribution in [0, 0.1) is 0 Å². The molecule has 0 aliphatic carbocycles. The van der Waals surface area contributed by atoms with Crippen LogP contribution in [0.1, 0.15) is 16.7 Å². The van der Waals surface area contributed by atoms with Crippen LogP contribution in [-0.2, 0) is 19.6 Å². The predicted molar refractivity (Wildman–Crippen MR) is 125 cm³/mol. The molecule has 0 atom stereocenters. The molecular weight excluding hydrogens is 404 g/mol. The molecule has 1 aliphatic heterocycles. The summed E-state index contributed by atoms with van der Waals surface area (Å²) in [5.74, 6) is 1.54. The molecule has 0 amide bonds. The zero-order valence-corrected chi connectivity index (χ0v) is 18.0. The minimum absolute atomic E-state index is 0.762. The largest absolute Gasteiger partial charge is 0.325 e. The highest BCUT2D eigenvalue weighted by molar-refractivity contribution is 7.13. The third-order valence-corrected chi connectivity index (χ3v) is 6.12. The third kappa shape index (κ3) is 4.96. The van der Waals surface area contributed by atoms with Gasteiger partial charge in [0.2, 0.25) is 0 Å². The minimum Gasteiger partial charge on any atom is -0.325 e. The second kappa shape index (κ2) is 9.34. The van der Waals surface area contributed by atoms with Crippen LogP contribution in [0.4, 0.5) is 11.6 Å². The fraction of sp³-hybridized carbons (Fsp3) is 0.208. The molecule has 1 aliphatic rings. The molecule has 0 radical (unpaired) electrons. The molecule has 4 heterocycles. The molecular formula is C24H24N6S. The molecule has 2 N–H and O–H groups in total. The van der Waals surface area contributed by atoms with E-state index in [1.807, 2.05) is 35.8 Å². The van der Waals surface area contributed by atoms with Gasteiger partial charge in [0.05, 0.1) is 0 Å². The summed E-state index contributed by atoms with van der Waals surface area (Å²) in [6.45, 7) is 4.92. The maximum absolute atomic E-state index is 4.63. The second-order valence-electron chi connectivity index (χ2n) is 7.58. The zero-order chi connectivity index (χ0) is 20.9. The van der Waals surface area contributed by atoms with Gasteiger partial charge in [-0.05, 0) is 34.9 Å². The second-order valence-corrected chi connectivity index (χ2v) is 8.47. The van der Waals surface area contributed by atoms with Gasteiger partial charge in [-0.3, -0.25) is 4.90 Å². The summed E-state index contributed by atoms with van der Waals surface area (Å²) < 4.78 is 0. The third-order valence-electron chi connectivity index (χ3n) is 5.32. The SMILES string of the molecule is c1cc(Nc2ccc(CNCCN3Cc4ccccc4C3)cn2)nc(-c2nccs2)c1. The number of nitrogens with zero attached hydrogens (tertiary/aromatic N) is 4. The first-order chi connectivity index (χ1) is 15.3. The Morgan fingerprint density at radius 3 is 2.52 bits per heavy atom. The average molecular weight is 429 g/mol. The number of pyridine rings is 2. The Balaban J connectivity index is 1.09. The monoisotopic (exact) mass is 428 g/mol. The van der Waals surface area contributed by atoms with Crippen LogP contribution < -0.4 is 10.6 Å². The Bertz CT molecular complexity index is 1100. The van der Waals surface area contributed by atoms with Crippen LogP contribution in [0.2, 0.25) is 0 Å². The minimum atomic E-state index is 0.762. The lowest BCUT2D eigenvalue weighted by Gasteiger charge is -2.15. The number of nitrogens with one attached hydrogen (secondary N) is 2. The first-order valence-electron chi connectivity index (χ1n) is 10.4. The Morgan fingerprint density at radius 2 is 1.77 bits per heavy atom. The number of fused-ring (bicyclic) bond motifs is 1.